The minimum absolute atomic E-state index is 0.0876. The number of hydrogen-bond acceptors (Lipinski definition) is 5. The number of halogens is 1. The van der Waals surface area contributed by atoms with Crippen molar-refractivity contribution < 1.29 is 25.2 Å². The second-order valence-electron chi connectivity index (χ2n) is 8.66. The fraction of sp³-hybridized carbons (Fsp3) is 0.800. The Morgan fingerprint density at radius 2 is 1.88 bits per heavy atom. The average Bonchev–Trinajstić information content (AvgIpc) is 3.41. The summed E-state index contributed by atoms with van der Waals surface area (Å²) in [6.07, 6.45) is 6.83. The van der Waals surface area contributed by atoms with Gasteiger partial charge < -0.3 is 25.2 Å². The summed E-state index contributed by atoms with van der Waals surface area (Å²) in [5, 5.41) is 41.4. The third kappa shape index (κ3) is 3.45. The zero-order valence-corrected chi connectivity index (χ0v) is 15.7. The van der Waals surface area contributed by atoms with Crippen molar-refractivity contribution in [3.8, 4) is 0 Å². The topological polar surface area (TPSA) is 90.2 Å². The molecule has 3 aliphatic carbocycles. The van der Waals surface area contributed by atoms with Crippen molar-refractivity contribution in [2.45, 2.75) is 81.4 Å². The van der Waals surface area contributed by atoms with Gasteiger partial charge in [0, 0.05) is 11.5 Å². The van der Waals surface area contributed by atoms with Gasteiger partial charge in [-0.05, 0) is 68.8 Å². The number of allylic oxidation sites excluding steroid dienone is 4. The van der Waals surface area contributed by atoms with Crippen molar-refractivity contribution in [3.63, 3.8) is 0 Å². The molecule has 146 valence electrons. The molecular weight excluding hydrogens is 356 g/mol. The van der Waals surface area contributed by atoms with E-state index < -0.39 is 30.0 Å². The molecule has 1 aliphatic heterocycles. The fourth-order valence-electron chi connectivity index (χ4n) is 4.99. The Kier molecular flexibility index (Phi) is 5.12. The molecule has 0 radical (unpaired) electrons. The van der Waals surface area contributed by atoms with Crippen molar-refractivity contribution in [3.05, 3.63) is 22.9 Å². The average molecular weight is 385 g/mol. The summed E-state index contributed by atoms with van der Waals surface area (Å²) in [6.45, 7) is 0. The van der Waals surface area contributed by atoms with Crippen LogP contribution in [0.1, 0.15) is 51.4 Å². The first-order valence-corrected chi connectivity index (χ1v) is 10.2. The molecule has 0 amide bonds. The Balaban J connectivity index is 1.43. The van der Waals surface area contributed by atoms with Crippen LogP contribution in [0.25, 0.3) is 0 Å². The molecule has 2 fully saturated rings. The lowest BCUT2D eigenvalue weighted by Crippen LogP contribution is -2.60. The first kappa shape index (κ1) is 18.8. The molecule has 1 heterocycles. The second kappa shape index (κ2) is 7.10. The number of hydrogen-bond donors (Lipinski definition) is 4. The number of aliphatic hydroxyl groups excluding tert-OH is 4. The van der Waals surface area contributed by atoms with E-state index in [0.717, 1.165) is 56.4 Å². The molecule has 1 saturated carbocycles. The van der Waals surface area contributed by atoms with Gasteiger partial charge >= 0.3 is 0 Å². The van der Waals surface area contributed by atoms with Crippen LogP contribution in [0.2, 0.25) is 0 Å². The molecule has 0 aromatic carbocycles. The summed E-state index contributed by atoms with van der Waals surface area (Å²) in [5.41, 5.74) is -0.657. The maximum absolute atomic E-state index is 10.5. The Bertz CT molecular complexity index is 599. The van der Waals surface area contributed by atoms with Crippen LogP contribution < -0.4 is 0 Å². The Morgan fingerprint density at radius 3 is 2.54 bits per heavy atom. The van der Waals surface area contributed by atoms with Crippen molar-refractivity contribution in [1.82, 2.24) is 0 Å². The van der Waals surface area contributed by atoms with Crippen LogP contribution in [0.3, 0.4) is 0 Å². The van der Waals surface area contributed by atoms with Gasteiger partial charge in [-0.2, -0.15) is 0 Å². The smallest absolute Gasteiger partial charge is 0.111 e. The molecule has 7 atom stereocenters. The molecule has 0 aromatic rings. The van der Waals surface area contributed by atoms with E-state index in [9.17, 15) is 20.4 Å². The predicted octanol–water partition coefficient (Wildman–Crippen LogP) is 2.78. The summed E-state index contributed by atoms with van der Waals surface area (Å²) in [7, 11) is 0. The van der Waals surface area contributed by atoms with Gasteiger partial charge in [0.2, 0.25) is 0 Å². The quantitative estimate of drug-likeness (QED) is 0.600. The van der Waals surface area contributed by atoms with Crippen LogP contribution in [0.4, 0.5) is 0 Å². The van der Waals surface area contributed by atoms with Crippen LogP contribution in [0, 0.1) is 17.8 Å². The molecule has 6 heteroatoms. The minimum atomic E-state index is -1.15. The largest absolute Gasteiger partial charge is 0.513 e. The van der Waals surface area contributed by atoms with Crippen LogP contribution in [-0.4, -0.2) is 50.4 Å². The summed E-state index contributed by atoms with van der Waals surface area (Å²) >= 11 is 6.50. The third-order valence-electron chi connectivity index (χ3n) is 6.83. The molecule has 1 saturated heterocycles. The normalized spacial score (nSPS) is 45.2. The molecule has 5 nitrogen and oxygen atoms in total. The summed E-state index contributed by atoms with van der Waals surface area (Å²) in [6, 6.07) is 0. The van der Waals surface area contributed by atoms with Crippen molar-refractivity contribution in [2.75, 3.05) is 0 Å². The lowest BCUT2D eigenvalue weighted by Gasteiger charge is -2.45. The number of ether oxygens (including phenoxy) is 1. The zero-order valence-electron chi connectivity index (χ0n) is 14.9. The van der Waals surface area contributed by atoms with E-state index in [4.69, 9.17) is 16.3 Å². The molecule has 4 aliphatic rings. The molecule has 26 heavy (non-hydrogen) atoms. The zero-order chi connectivity index (χ0) is 18.5. The van der Waals surface area contributed by atoms with Crippen molar-refractivity contribution in [1.29, 1.82) is 0 Å². The molecule has 4 N–H and O–H groups in total. The Labute approximate surface area is 159 Å². The lowest BCUT2D eigenvalue weighted by molar-refractivity contribution is -0.247. The van der Waals surface area contributed by atoms with Gasteiger partial charge in [0.1, 0.15) is 18.3 Å². The van der Waals surface area contributed by atoms with Gasteiger partial charge in [-0.1, -0.05) is 17.7 Å². The lowest BCUT2D eigenvalue weighted by atomic mass is 9.74. The molecule has 0 bridgehead atoms. The van der Waals surface area contributed by atoms with E-state index in [2.05, 4.69) is 0 Å². The monoisotopic (exact) mass is 384 g/mol. The fourth-order valence-corrected chi connectivity index (χ4v) is 5.25. The van der Waals surface area contributed by atoms with Gasteiger partial charge in [0.15, 0.2) is 0 Å². The highest BCUT2D eigenvalue weighted by Crippen LogP contribution is 2.51. The van der Waals surface area contributed by atoms with Gasteiger partial charge in [0.25, 0.3) is 0 Å². The summed E-state index contributed by atoms with van der Waals surface area (Å²) in [4.78, 5) is 0. The van der Waals surface area contributed by atoms with E-state index in [-0.39, 0.29) is 11.8 Å². The van der Waals surface area contributed by atoms with Crippen LogP contribution in [0.5, 0.6) is 0 Å². The minimum Gasteiger partial charge on any atom is -0.513 e. The van der Waals surface area contributed by atoms with Crippen molar-refractivity contribution in [2.24, 2.45) is 17.8 Å². The highest BCUT2D eigenvalue weighted by molar-refractivity contribution is 6.29. The Hall–Kier alpha value is -0.590. The third-order valence-corrected chi connectivity index (χ3v) is 7.30. The van der Waals surface area contributed by atoms with E-state index >= 15 is 0 Å². The molecule has 4 rings (SSSR count). The molecule has 1 spiro atoms. The standard InChI is InChI=1S/C20H29ClO5/c21-15-6-3-12(10-13(15)9-11-1-4-14(22)5-2-11)18-16(23)17(24)19(25)20(26-18)7-8-20/h4,6,11-13,16-19,22-25H,1-3,5,7-10H2/t11?,12?,13?,16-,17-,18+,19+/m1/s1. The first-order valence-electron chi connectivity index (χ1n) is 9.85. The van der Waals surface area contributed by atoms with Crippen LogP contribution in [0.15, 0.2) is 22.9 Å². The predicted molar refractivity (Wildman–Crippen MR) is 97.7 cm³/mol. The van der Waals surface area contributed by atoms with Gasteiger partial charge in [0.05, 0.1) is 17.5 Å². The number of aliphatic hydroxyl groups is 4. The van der Waals surface area contributed by atoms with E-state index in [1.165, 1.54) is 0 Å². The Morgan fingerprint density at radius 1 is 1.12 bits per heavy atom. The second-order valence-corrected chi connectivity index (χ2v) is 9.10. The first-order chi connectivity index (χ1) is 12.4. The molecule has 3 unspecified atom stereocenters. The van der Waals surface area contributed by atoms with Gasteiger partial charge in [-0.25, -0.2) is 0 Å². The SMILES string of the molecule is OC1=CCC(CC2CC([C@@H]3OC4(CC4)[C@@H](O)[C@H](O)[C@H]3O)CC=C2Cl)CC1. The molecule has 0 aromatic heterocycles. The summed E-state index contributed by atoms with van der Waals surface area (Å²) in [5.74, 6) is 1.32. The maximum Gasteiger partial charge on any atom is 0.111 e. The van der Waals surface area contributed by atoms with Gasteiger partial charge in [-0.3, -0.25) is 0 Å². The number of rotatable bonds is 3. The van der Waals surface area contributed by atoms with Crippen LogP contribution >= 0.6 is 11.6 Å². The maximum atomic E-state index is 10.5. The van der Waals surface area contributed by atoms with Crippen molar-refractivity contribution >= 4 is 11.6 Å². The highest BCUT2D eigenvalue weighted by atomic mass is 35.5. The van der Waals surface area contributed by atoms with Crippen LogP contribution in [-0.2, 0) is 4.74 Å². The molecular formula is C20H29ClO5. The van der Waals surface area contributed by atoms with E-state index in [1.54, 1.807) is 0 Å². The van der Waals surface area contributed by atoms with E-state index in [1.807, 2.05) is 12.2 Å². The van der Waals surface area contributed by atoms with E-state index in [0.29, 0.717) is 11.7 Å². The van der Waals surface area contributed by atoms with Gasteiger partial charge in [-0.15, -0.1) is 0 Å². The highest BCUT2D eigenvalue weighted by Gasteiger charge is 2.61. The summed E-state index contributed by atoms with van der Waals surface area (Å²) < 4.78 is 6.13.